The van der Waals surface area contributed by atoms with Gasteiger partial charge in [0, 0.05) is 49.1 Å². The van der Waals surface area contributed by atoms with Gasteiger partial charge in [0.05, 0.1) is 33.5 Å². The fourth-order valence-electron chi connectivity index (χ4n) is 11.2. The predicted octanol–water partition coefficient (Wildman–Crippen LogP) is 17.5. The Balaban J connectivity index is 0.912. The molecule has 0 unspecified atom stereocenters. The van der Waals surface area contributed by atoms with E-state index in [1.54, 1.807) is 0 Å². The van der Waals surface area contributed by atoms with Crippen LogP contribution >= 0.6 is 0 Å². The fourth-order valence-corrected chi connectivity index (χ4v) is 11.2. The molecular formula is C66H40N4O. The van der Waals surface area contributed by atoms with Gasteiger partial charge in [-0.15, -0.1) is 0 Å². The zero-order valence-electron chi connectivity index (χ0n) is 38.3. The second kappa shape index (κ2) is 15.5. The van der Waals surface area contributed by atoms with E-state index in [4.69, 9.17) is 14.4 Å². The van der Waals surface area contributed by atoms with E-state index in [2.05, 4.69) is 240 Å². The first-order chi connectivity index (χ1) is 35.2. The van der Waals surface area contributed by atoms with Gasteiger partial charge in [0.15, 0.2) is 0 Å². The minimum atomic E-state index is 0.619. The van der Waals surface area contributed by atoms with E-state index in [1.807, 2.05) is 12.1 Å². The molecule has 0 aliphatic heterocycles. The average molecular weight is 905 g/mol. The Morgan fingerprint density at radius 1 is 0.296 bits per heavy atom. The van der Waals surface area contributed by atoms with Crippen LogP contribution in [0.4, 0.5) is 0 Å². The first-order valence-corrected chi connectivity index (χ1v) is 24.1. The van der Waals surface area contributed by atoms with Gasteiger partial charge in [0.1, 0.15) is 11.2 Å². The normalized spacial score (nSPS) is 11.9. The quantitative estimate of drug-likeness (QED) is 0.150. The molecule has 0 aliphatic rings. The Bertz CT molecular complexity index is 4480. The molecule has 15 rings (SSSR count). The van der Waals surface area contributed by atoms with Gasteiger partial charge in [0.25, 0.3) is 0 Å². The summed E-state index contributed by atoms with van der Waals surface area (Å²) in [6.45, 7) is 0. The Labute approximate surface area is 408 Å². The third-order valence-electron chi connectivity index (χ3n) is 14.5. The molecular weight excluding hydrogens is 865 g/mol. The number of furan rings is 1. The van der Waals surface area contributed by atoms with E-state index < -0.39 is 0 Å². The first-order valence-electron chi connectivity index (χ1n) is 24.1. The van der Waals surface area contributed by atoms with Crippen molar-refractivity contribution in [2.24, 2.45) is 0 Å². The van der Waals surface area contributed by atoms with Crippen LogP contribution in [-0.2, 0) is 0 Å². The maximum absolute atomic E-state index is 6.25. The molecule has 0 fully saturated rings. The lowest BCUT2D eigenvalue weighted by atomic mass is 9.94. The van der Waals surface area contributed by atoms with Gasteiger partial charge in [0.2, 0.25) is 5.95 Å². The molecule has 0 radical (unpaired) electrons. The summed E-state index contributed by atoms with van der Waals surface area (Å²) >= 11 is 0. The molecule has 0 spiro atoms. The molecule has 71 heavy (non-hydrogen) atoms. The van der Waals surface area contributed by atoms with Crippen LogP contribution in [0.5, 0.6) is 0 Å². The highest BCUT2D eigenvalue weighted by Crippen LogP contribution is 2.45. The van der Waals surface area contributed by atoms with E-state index in [0.29, 0.717) is 5.95 Å². The maximum Gasteiger partial charge on any atom is 0.235 e. The van der Waals surface area contributed by atoms with Crippen molar-refractivity contribution >= 4 is 76.3 Å². The van der Waals surface area contributed by atoms with E-state index in [-0.39, 0.29) is 0 Å². The summed E-state index contributed by atoms with van der Waals surface area (Å²) < 4.78 is 10.9. The van der Waals surface area contributed by atoms with Crippen LogP contribution in [0.15, 0.2) is 247 Å². The van der Waals surface area contributed by atoms with Gasteiger partial charge in [-0.1, -0.05) is 170 Å². The van der Waals surface area contributed by atoms with Gasteiger partial charge in [-0.05, 0) is 117 Å². The van der Waals surface area contributed by atoms with Crippen molar-refractivity contribution in [3.05, 3.63) is 243 Å². The monoisotopic (exact) mass is 904 g/mol. The molecule has 11 aromatic carbocycles. The summed E-state index contributed by atoms with van der Waals surface area (Å²) in [5.41, 5.74) is 18.0. The largest absolute Gasteiger partial charge is 0.456 e. The Kier molecular flexibility index (Phi) is 8.59. The van der Waals surface area contributed by atoms with Crippen LogP contribution in [0.1, 0.15) is 0 Å². The van der Waals surface area contributed by atoms with Gasteiger partial charge < -0.3 is 8.98 Å². The summed E-state index contributed by atoms with van der Waals surface area (Å²) in [5, 5.41) is 9.50. The van der Waals surface area contributed by atoms with Crippen LogP contribution in [0.2, 0.25) is 0 Å². The van der Waals surface area contributed by atoms with E-state index >= 15 is 0 Å². The molecule has 0 amide bonds. The molecule has 0 N–H and O–H groups in total. The van der Waals surface area contributed by atoms with Crippen molar-refractivity contribution in [2.45, 2.75) is 0 Å². The lowest BCUT2D eigenvalue weighted by molar-refractivity contribution is 0.669. The highest BCUT2D eigenvalue weighted by molar-refractivity contribution is 6.27. The van der Waals surface area contributed by atoms with Crippen LogP contribution in [0, 0.1) is 0 Å². The number of para-hydroxylation sites is 2. The Hall–Kier alpha value is -9.58. The van der Waals surface area contributed by atoms with Crippen LogP contribution in [-0.4, -0.2) is 19.1 Å². The summed E-state index contributed by atoms with van der Waals surface area (Å²) in [6, 6.07) is 86.8. The van der Waals surface area contributed by atoms with Gasteiger partial charge in [-0.3, -0.25) is 4.57 Å². The number of nitrogens with zero attached hydrogens (tertiary/aromatic N) is 4. The molecule has 0 atom stereocenters. The molecule has 0 saturated heterocycles. The third-order valence-corrected chi connectivity index (χ3v) is 14.5. The molecule has 0 saturated carbocycles. The SMILES string of the molecule is c1ccc(-c2cccc(-c3cc(-c4cccc(-c5ccccc5)c4)nc(-n4c5ccccc5c5cc(-c6ccc7c8c6ccc6cccc(c68)n7-c6ccc7oc8ccccc8c7c6)ccc54)n3)c2)cc1. The van der Waals surface area contributed by atoms with Crippen molar-refractivity contribution in [2.75, 3.05) is 0 Å². The van der Waals surface area contributed by atoms with Crippen molar-refractivity contribution in [3.8, 4) is 67.5 Å². The molecule has 330 valence electrons. The van der Waals surface area contributed by atoms with E-state index in [9.17, 15) is 0 Å². The summed E-state index contributed by atoms with van der Waals surface area (Å²) in [4.78, 5) is 10.9. The highest BCUT2D eigenvalue weighted by atomic mass is 16.3. The summed E-state index contributed by atoms with van der Waals surface area (Å²) in [6.07, 6.45) is 0. The van der Waals surface area contributed by atoms with Gasteiger partial charge in [-0.2, -0.15) is 0 Å². The molecule has 5 nitrogen and oxygen atoms in total. The molecule has 0 aliphatic carbocycles. The molecule has 0 bridgehead atoms. The van der Waals surface area contributed by atoms with Crippen molar-refractivity contribution < 1.29 is 4.42 Å². The standard InChI is InChI=1S/C66H40N4O/c1-3-14-41(15-4-1)44-19-11-21-47(36-44)56-40-57(48-22-12-20-45(37-48)42-16-5-2-6-17-42)68-66(67-56)70-58-25-9-7-23-51(58)54-38-46(29-33-59(54)70)50-32-34-61-65-53(50)31-28-43-18-13-26-60(64(43)65)69(61)49-30-35-63-55(39-49)52-24-8-10-27-62(52)71-63/h1-40H. The lowest BCUT2D eigenvalue weighted by Gasteiger charge is -2.13. The second-order valence-electron chi connectivity index (χ2n) is 18.5. The van der Waals surface area contributed by atoms with Crippen LogP contribution in [0.3, 0.4) is 0 Å². The number of benzene rings is 11. The topological polar surface area (TPSA) is 48.8 Å². The van der Waals surface area contributed by atoms with E-state index in [1.165, 1.54) is 38.1 Å². The summed E-state index contributed by atoms with van der Waals surface area (Å²) in [7, 11) is 0. The van der Waals surface area contributed by atoms with Gasteiger partial charge >= 0.3 is 0 Å². The van der Waals surface area contributed by atoms with Crippen LogP contribution < -0.4 is 0 Å². The molecule has 15 aromatic rings. The second-order valence-corrected chi connectivity index (χ2v) is 18.5. The zero-order chi connectivity index (χ0) is 46.6. The van der Waals surface area contributed by atoms with Crippen molar-refractivity contribution in [1.29, 1.82) is 0 Å². The highest BCUT2D eigenvalue weighted by Gasteiger charge is 2.22. The maximum atomic E-state index is 6.25. The zero-order valence-corrected chi connectivity index (χ0v) is 38.3. The molecule has 4 aromatic heterocycles. The predicted molar refractivity (Wildman–Crippen MR) is 294 cm³/mol. The molecule has 5 heteroatoms. The third kappa shape index (κ3) is 6.20. The summed E-state index contributed by atoms with van der Waals surface area (Å²) in [5.74, 6) is 0.619. The fraction of sp³-hybridized carbons (Fsp3) is 0. The number of hydrogen-bond donors (Lipinski definition) is 0. The first kappa shape index (κ1) is 39.4. The van der Waals surface area contributed by atoms with E-state index in [0.717, 1.165) is 99.8 Å². The number of aromatic nitrogens is 4. The van der Waals surface area contributed by atoms with Crippen molar-refractivity contribution in [3.63, 3.8) is 0 Å². The molecule has 4 heterocycles. The minimum absolute atomic E-state index is 0.619. The number of rotatable bonds is 7. The Morgan fingerprint density at radius 2 is 0.887 bits per heavy atom. The number of hydrogen-bond acceptors (Lipinski definition) is 3. The van der Waals surface area contributed by atoms with Gasteiger partial charge in [-0.25, -0.2) is 9.97 Å². The Morgan fingerprint density at radius 3 is 1.65 bits per heavy atom. The average Bonchev–Trinajstić information content (AvgIpc) is 4.11. The van der Waals surface area contributed by atoms with Crippen LogP contribution in [0.25, 0.3) is 144 Å². The van der Waals surface area contributed by atoms with Crippen molar-refractivity contribution in [1.82, 2.24) is 19.1 Å². The lowest BCUT2D eigenvalue weighted by Crippen LogP contribution is -2.04. The minimum Gasteiger partial charge on any atom is -0.456 e. The smallest absolute Gasteiger partial charge is 0.235 e. The number of fused-ring (bicyclic) bond motifs is 6.